The van der Waals surface area contributed by atoms with E-state index in [2.05, 4.69) is 10.4 Å². The van der Waals surface area contributed by atoms with Crippen LogP contribution in [0.25, 0.3) is 0 Å². The summed E-state index contributed by atoms with van der Waals surface area (Å²) < 4.78 is 1.88. The number of nitrogens with zero attached hydrogens (tertiary/aromatic N) is 2. The summed E-state index contributed by atoms with van der Waals surface area (Å²) in [5.41, 5.74) is 4.07. The predicted octanol–water partition coefficient (Wildman–Crippen LogP) is 3.08. The number of aryl methyl sites for hydroxylation is 3. The number of hydrogen-bond acceptors (Lipinski definition) is 2. The molecule has 0 aliphatic heterocycles. The number of rotatable bonds is 4. The highest BCUT2D eigenvalue weighted by Crippen LogP contribution is 2.12. The van der Waals surface area contributed by atoms with E-state index < -0.39 is 0 Å². The van der Waals surface area contributed by atoms with Crippen LogP contribution in [0.15, 0.2) is 30.3 Å². The van der Waals surface area contributed by atoms with Crippen LogP contribution in [0, 0.1) is 26.7 Å². The van der Waals surface area contributed by atoms with Crippen LogP contribution in [0.3, 0.4) is 0 Å². The molecule has 0 bridgehead atoms. The molecule has 4 heteroatoms. The maximum absolute atomic E-state index is 12.2. The van der Waals surface area contributed by atoms with Gasteiger partial charge in [-0.2, -0.15) is 5.10 Å². The molecule has 106 valence electrons. The molecular formula is C16H21N3O. The van der Waals surface area contributed by atoms with E-state index in [9.17, 15) is 4.79 Å². The van der Waals surface area contributed by atoms with E-state index in [1.807, 2.05) is 62.7 Å². The Hall–Kier alpha value is -2.10. The van der Waals surface area contributed by atoms with Gasteiger partial charge in [-0.3, -0.25) is 9.48 Å². The fourth-order valence-corrected chi connectivity index (χ4v) is 2.10. The van der Waals surface area contributed by atoms with Gasteiger partial charge in [-0.15, -0.1) is 0 Å². The van der Waals surface area contributed by atoms with E-state index in [4.69, 9.17) is 0 Å². The van der Waals surface area contributed by atoms with Crippen molar-refractivity contribution in [2.45, 2.75) is 34.2 Å². The van der Waals surface area contributed by atoms with Crippen molar-refractivity contribution in [3.63, 3.8) is 0 Å². The third kappa shape index (κ3) is 3.47. The average molecular weight is 271 g/mol. The molecule has 2 rings (SSSR count). The lowest BCUT2D eigenvalue weighted by molar-refractivity contribution is -0.119. The van der Waals surface area contributed by atoms with Crippen molar-refractivity contribution in [2.24, 2.45) is 5.92 Å². The maximum Gasteiger partial charge on any atom is 0.229 e. The third-order valence-electron chi connectivity index (χ3n) is 3.32. The topological polar surface area (TPSA) is 46.9 Å². The summed E-state index contributed by atoms with van der Waals surface area (Å²) in [6.07, 6.45) is 0. The summed E-state index contributed by atoms with van der Waals surface area (Å²) in [7, 11) is 0. The number of aromatic nitrogens is 2. The van der Waals surface area contributed by atoms with Crippen molar-refractivity contribution in [1.82, 2.24) is 9.78 Å². The monoisotopic (exact) mass is 271 g/mol. The Morgan fingerprint density at radius 2 is 1.90 bits per heavy atom. The molecule has 1 N–H and O–H groups in total. The van der Waals surface area contributed by atoms with Crippen LogP contribution in [-0.2, 0) is 11.3 Å². The first kappa shape index (κ1) is 14.3. The second kappa shape index (κ2) is 5.90. The van der Waals surface area contributed by atoms with E-state index in [-0.39, 0.29) is 11.8 Å². The second-order valence-electron chi connectivity index (χ2n) is 5.37. The van der Waals surface area contributed by atoms with Crippen molar-refractivity contribution in [3.8, 4) is 0 Å². The Morgan fingerprint density at radius 3 is 2.45 bits per heavy atom. The number of nitrogens with one attached hydrogen (secondary N) is 1. The minimum atomic E-state index is -0.130. The highest BCUT2D eigenvalue weighted by molar-refractivity contribution is 5.92. The lowest BCUT2D eigenvalue weighted by Crippen LogP contribution is -2.25. The van der Waals surface area contributed by atoms with Crippen LogP contribution < -0.4 is 5.32 Å². The van der Waals surface area contributed by atoms with Gasteiger partial charge in [-0.25, -0.2) is 0 Å². The van der Waals surface area contributed by atoms with Gasteiger partial charge in [-0.05, 0) is 39.0 Å². The molecule has 1 atom stereocenters. The van der Waals surface area contributed by atoms with Gasteiger partial charge >= 0.3 is 0 Å². The Kier molecular flexibility index (Phi) is 4.23. The van der Waals surface area contributed by atoms with Crippen LogP contribution in [0.2, 0.25) is 0 Å². The third-order valence-corrected chi connectivity index (χ3v) is 3.32. The fourth-order valence-electron chi connectivity index (χ4n) is 2.10. The van der Waals surface area contributed by atoms with E-state index in [1.54, 1.807) is 0 Å². The molecule has 1 aromatic carbocycles. The number of carbonyl (C=O) groups is 1. The summed E-state index contributed by atoms with van der Waals surface area (Å²) in [6, 6.07) is 9.83. The summed E-state index contributed by atoms with van der Waals surface area (Å²) >= 11 is 0. The molecule has 0 fully saturated rings. The molecule has 0 aliphatic rings. The molecular weight excluding hydrogens is 250 g/mol. The minimum Gasteiger partial charge on any atom is -0.326 e. The number of amides is 1. The predicted molar refractivity (Wildman–Crippen MR) is 80.7 cm³/mol. The van der Waals surface area contributed by atoms with Gasteiger partial charge in [0, 0.05) is 11.4 Å². The number of hydrogen-bond donors (Lipinski definition) is 1. The first-order chi connectivity index (χ1) is 9.45. The van der Waals surface area contributed by atoms with Crippen LogP contribution in [-0.4, -0.2) is 15.7 Å². The lowest BCUT2D eigenvalue weighted by Gasteiger charge is -2.13. The Bertz CT molecular complexity index is 599. The molecule has 20 heavy (non-hydrogen) atoms. The normalized spacial score (nSPS) is 12.2. The molecule has 0 saturated carbocycles. The lowest BCUT2D eigenvalue weighted by atomic mass is 10.1. The van der Waals surface area contributed by atoms with Crippen LogP contribution in [0.5, 0.6) is 0 Å². The molecule has 2 aromatic rings. The van der Waals surface area contributed by atoms with Crippen molar-refractivity contribution in [2.75, 3.05) is 5.32 Å². The molecule has 0 saturated heterocycles. The van der Waals surface area contributed by atoms with Crippen LogP contribution in [0.1, 0.15) is 23.9 Å². The second-order valence-corrected chi connectivity index (χ2v) is 5.37. The first-order valence-electron chi connectivity index (χ1n) is 6.84. The Morgan fingerprint density at radius 1 is 1.25 bits per heavy atom. The number of anilines is 1. The van der Waals surface area contributed by atoms with Crippen LogP contribution >= 0.6 is 0 Å². The SMILES string of the molecule is Cc1ccc(NC(=O)[C@@H](C)Cn2nc(C)cc2C)cc1. The Labute approximate surface area is 119 Å². The standard InChI is InChI=1S/C16H21N3O/c1-11-5-7-15(8-6-11)17-16(20)12(2)10-19-14(4)9-13(3)18-19/h5-9,12H,10H2,1-4H3,(H,17,20)/t12-/m0/s1. The van der Waals surface area contributed by atoms with E-state index in [0.29, 0.717) is 6.54 Å². The minimum absolute atomic E-state index is 0.0152. The molecule has 4 nitrogen and oxygen atoms in total. The van der Waals surface area contributed by atoms with Gasteiger partial charge in [0.2, 0.25) is 5.91 Å². The van der Waals surface area contributed by atoms with E-state index in [0.717, 1.165) is 17.1 Å². The van der Waals surface area contributed by atoms with E-state index in [1.165, 1.54) is 5.56 Å². The molecule has 1 aromatic heterocycles. The van der Waals surface area contributed by atoms with Gasteiger partial charge in [0.15, 0.2) is 0 Å². The molecule has 0 unspecified atom stereocenters. The number of carbonyl (C=O) groups excluding carboxylic acids is 1. The van der Waals surface area contributed by atoms with Gasteiger partial charge in [0.25, 0.3) is 0 Å². The quantitative estimate of drug-likeness (QED) is 0.929. The summed E-state index contributed by atoms with van der Waals surface area (Å²) in [5, 5.41) is 7.32. The zero-order valence-corrected chi connectivity index (χ0v) is 12.5. The Balaban J connectivity index is 1.98. The zero-order valence-electron chi connectivity index (χ0n) is 12.5. The van der Waals surface area contributed by atoms with Gasteiger partial charge in [0.05, 0.1) is 18.2 Å². The summed E-state index contributed by atoms with van der Waals surface area (Å²) in [5.74, 6) is -0.115. The van der Waals surface area contributed by atoms with E-state index >= 15 is 0 Å². The van der Waals surface area contributed by atoms with Crippen molar-refractivity contribution in [1.29, 1.82) is 0 Å². The first-order valence-corrected chi connectivity index (χ1v) is 6.84. The summed E-state index contributed by atoms with van der Waals surface area (Å²) in [6.45, 7) is 8.50. The highest BCUT2D eigenvalue weighted by Gasteiger charge is 2.15. The smallest absolute Gasteiger partial charge is 0.229 e. The molecule has 0 radical (unpaired) electrons. The highest BCUT2D eigenvalue weighted by atomic mass is 16.1. The van der Waals surface area contributed by atoms with Gasteiger partial charge in [-0.1, -0.05) is 24.6 Å². The largest absolute Gasteiger partial charge is 0.326 e. The molecule has 1 amide bonds. The van der Waals surface area contributed by atoms with Gasteiger partial charge < -0.3 is 5.32 Å². The van der Waals surface area contributed by atoms with Gasteiger partial charge in [0.1, 0.15) is 0 Å². The zero-order chi connectivity index (χ0) is 14.7. The summed E-state index contributed by atoms with van der Waals surface area (Å²) in [4.78, 5) is 12.2. The van der Waals surface area contributed by atoms with Crippen molar-refractivity contribution < 1.29 is 4.79 Å². The van der Waals surface area contributed by atoms with Crippen LogP contribution in [0.4, 0.5) is 5.69 Å². The van der Waals surface area contributed by atoms with Crippen molar-refractivity contribution >= 4 is 11.6 Å². The maximum atomic E-state index is 12.2. The number of benzene rings is 1. The van der Waals surface area contributed by atoms with Crippen molar-refractivity contribution in [3.05, 3.63) is 47.3 Å². The average Bonchev–Trinajstić information content (AvgIpc) is 2.70. The fraction of sp³-hybridized carbons (Fsp3) is 0.375. The molecule has 0 spiro atoms. The molecule has 1 heterocycles. The molecule has 0 aliphatic carbocycles.